The lowest BCUT2D eigenvalue weighted by atomic mass is 10.2. The summed E-state index contributed by atoms with van der Waals surface area (Å²) in [6, 6.07) is 3.74. The summed E-state index contributed by atoms with van der Waals surface area (Å²) in [5.74, 6) is 2.04. The Morgan fingerprint density at radius 3 is 2.93 bits per heavy atom. The SMILES string of the molecule is CCOc1ncccc1-c1nnc(C)[nH]1. The number of rotatable bonds is 3. The Kier molecular flexibility index (Phi) is 2.62. The Balaban J connectivity index is 2.42. The standard InChI is InChI=1S/C10H12N4O/c1-3-15-10-8(5-4-6-11-10)9-12-7(2)13-14-9/h4-6H,3H2,1-2H3,(H,12,13,14). The molecule has 0 aliphatic rings. The minimum absolute atomic E-state index is 0.580. The van der Waals surface area contributed by atoms with E-state index >= 15 is 0 Å². The molecule has 1 N–H and O–H groups in total. The highest BCUT2D eigenvalue weighted by Crippen LogP contribution is 2.24. The van der Waals surface area contributed by atoms with Crippen molar-refractivity contribution < 1.29 is 4.74 Å². The summed E-state index contributed by atoms with van der Waals surface area (Å²) in [5, 5.41) is 7.91. The van der Waals surface area contributed by atoms with Crippen LogP contribution < -0.4 is 4.74 Å². The minimum atomic E-state index is 0.580. The molecule has 2 aromatic heterocycles. The fourth-order valence-electron chi connectivity index (χ4n) is 1.29. The van der Waals surface area contributed by atoms with Crippen LogP contribution in [0.25, 0.3) is 11.4 Å². The molecule has 0 amide bonds. The predicted octanol–water partition coefficient (Wildman–Crippen LogP) is 1.57. The van der Waals surface area contributed by atoms with Crippen molar-refractivity contribution in [2.24, 2.45) is 0 Å². The highest BCUT2D eigenvalue weighted by molar-refractivity contribution is 5.60. The third kappa shape index (κ3) is 1.96. The highest BCUT2D eigenvalue weighted by Gasteiger charge is 2.10. The lowest BCUT2D eigenvalue weighted by molar-refractivity contribution is 0.328. The van der Waals surface area contributed by atoms with Crippen LogP contribution in [0.5, 0.6) is 5.88 Å². The van der Waals surface area contributed by atoms with Crippen molar-refractivity contribution in [1.82, 2.24) is 20.2 Å². The fraction of sp³-hybridized carbons (Fsp3) is 0.300. The molecule has 2 heterocycles. The van der Waals surface area contributed by atoms with Gasteiger partial charge in [-0.1, -0.05) is 0 Å². The average Bonchev–Trinajstić information content (AvgIpc) is 2.66. The number of hydrogen-bond acceptors (Lipinski definition) is 4. The smallest absolute Gasteiger partial charge is 0.224 e. The largest absolute Gasteiger partial charge is 0.477 e. The van der Waals surface area contributed by atoms with Gasteiger partial charge in [-0.25, -0.2) is 4.98 Å². The topological polar surface area (TPSA) is 63.7 Å². The molecule has 0 bridgehead atoms. The molecule has 0 aliphatic carbocycles. The van der Waals surface area contributed by atoms with Crippen LogP contribution in [0.4, 0.5) is 0 Å². The number of aromatic nitrogens is 4. The van der Waals surface area contributed by atoms with Gasteiger partial charge in [0, 0.05) is 6.20 Å². The second kappa shape index (κ2) is 4.08. The molecule has 78 valence electrons. The van der Waals surface area contributed by atoms with E-state index in [1.54, 1.807) is 6.20 Å². The number of hydrogen-bond donors (Lipinski definition) is 1. The van der Waals surface area contributed by atoms with Gasteiger partial charge in [-0.05, 0) is 26.0 Å². The van der Waals surface area contributed by atoms with Crippen LogP contribution in [0.15, 0.2) is 18.3 Å². The van der Waals surface area contributed by atoms with E-state index in [9.17, 15) is 0 Å². The molecule has 5 heteroatoms. The lowest BCUT2D eigenvalue weighted by Gasteiger charge is -2.05. The van der Waals surface area contributed by atoms with E-state index in [4.69, 9.17) is 4.74 Å². The summed E-state index contributed by atoms with van der Waals surface area (Å²) in [5.41, 5.74) is 0.833. The first-order valence-corrected chi connectivity index (χ1v) is 4.78. The summed E-state index contributed by atoms with van der Waals surface area (Å²) >= 11 is 0. The number of aryl methyl sites for hydroxylation is 1. The molecule has 5 nitrogen and oxygen atoms in total. The highest BCUT2D eigenvalue weighted by atomic mass is 16.5. The number of nitrogens with one attached hydrogen (secondary N) is 1. The Morgan fingerprint density at radius 1 is 1.40 bits per heavy atom. The van der Waals surface area contributed by atoms with Gasteiger partial charge in [0.2, 0.25) is 5.88 Å². The molecule has 0 unspecified atom stereocenters. The fourth-order valence-corrected chi connectivity index (χ4v) is 1.29. The number of aromatic amines is 1. The number of H-pyrrole nitrogens is 1. The normalized spacial score (nSPS) is 10.3. The van der Waals surface area contributed by atoms with Crippen LogP contribution >= 0.6 is 0 Å². The van der Waals surface area contributed by atoms with Gasteiger partial charge in [-0.15, -0.1) is 10.2 Å². The Bertz CT molecular complexity index is 452. The molecule has 0 saturated carbocycles. The van der Waals surface area contributed by atoms with Gasteiger partial charge in [0.25, 0.3) is 0 Å². The van der Waals surface area contributed by atoms with Crippen molar-refractivity contribution in [3.05, 3.63) is 24.2 Å². The van der Waals surface area contributed by atoms with Crippen LogP contribution in [0.3, 0.4) is 0 Å². The quantitative estimate of drug-likeness (QED) is 0.824. The molecule has 15 heavy (non-hydrogen) atoms. The van der Waals surface area contributed by atoms with E-state index in [2.05, 4.69) is 20.2 Å². The molecular formula is C10H12N4O. The molecule has 2 aromatic rings. The van der Waals surface area contributed by atoms with E-state index in [1.165, 1.54) is 0 Å². The van der Waals surface area contributed by atoms with Crippen molar-refractivity contribution >= 4 is 0 Å². The van der Waals surface area contributed by atoms with Gasteiger partial charge < -0.3 is 9.72 Å². The van der Waals surface area contributed by atoms with Crippen LogP contribution in [-0.2, 0) is 0 Å². The molecule has 2 rings (SSSR count). The zero-order valence-electron chi connectivity index (χ0n) is 8.69. The number of pyridine rings is 1. The van der Waals surface area contributed by atoms with Gasteiger partial charge >= 0.3 is 0 Å². The number of nitrogens with zero attached hydrogens (tertiary/aromatic N) is 3. The maximum Gasteiger partial charge on any atom is 0.224 e. The van der Waals surface area contributed by atoms with Gasteiger partial charge in [0.15, 0.2) is 5.82 Å². The number of ether oxygens (including phenoxy) is 1. The second-order valence-corrected chi connectivity index (χ2v) is 3.05. The van der Waals surface area contributed by atoms with Gasteiger partial charge in [0.05, 0.1) is 12.2 Å². The Morgan fingerprint density at radius 2 is 2.27 bits per heavy atom. The summed E-state index contributed by atoms with van der Waals surface area (Å²) < 4.78 is 5.40. The Labute approximate surface area is 87.5 Å². The molecule has 0 spiro atoms. The first-order valence-electron chi connectivity index (χ1n) is 4.78. The van der Waals surface area contributed by atoms with Crippen molar-refractivity contribution in [3.63, 3.8) is 0 Å². The third-order valence-electron chi connectivity index (χ3n) is 1.91. The summed E-state index contributed by atoms with van der Waals surface area (Å²) in [4.78, 5) is 7.19. The Hall–Kier alpha value is -1.91. The van der Waals surface area contributed by atoms with Crippen LogP contribution in [0.1, 0.15) is 12.7 Å². The molecule has 0 aliphatic heterocycles. The van der Waals surface area contributed by atoms with Crippen molar-refractivity contribution in [2.75, 3.05) is 6.61 Å². The van der Waals surface area contributed by atoms with E-state index in [1.807, 2.05) is 26.0 Å². The van der Waals surface area contributed by atoms with Gasteiger partial charge in [-0.2, -0.15) is 0 Å². The first-order chi connectivity index (χ1) is 7.31. The van der Waals surface area contributed by atoms with E-state index in [0.29, 0.717) is 18.3 Å². The van der Waals surface area contributed by atoms with E-state index in [0.717, 1.165) is 11.4 Å². The zero-order valence-corrected chi connectivity index (χ0v) is 8.69. The molecular weight excluding hydrogens is 192 g/mol. The van der Waals surface area contributed by atoms with Crippen molar-refractivity contribution in [1.29, 1.82) is 0 Å². The minimum Gasteiger partial charge on any atom is -0.477 e. The van der Waals surface area contributed by atoms with Crippen molar-refractivity contribution in [2.45, 2.75) is 13.8 Å². The molecule has 0 saturated heterocycles. The van der Waals surface area contributed by atoms with Gasteiger partial charge in [-0.3, -0.25) is 0 Å². The van der Waals surface area contributed by atoms with Crippen LogP contribution in [0.2, 0.25) is 0 Å². The maximum absolute atomic E-state index is 5.40. The molecule has 0 aromatic carbocycles. The third-order valence-corrected chi connectivity index (χ3v) is 1.91. The predicted molar refractivity (Wildman–Crippen MR) is 55.5 cm³/mol. The summed E-state index contributed by atoms with van der Waals surface area (Å²) in [7, 11) is 0. The summed E-state index contributed by atoms with van der Waals surface area (Å²) in [6.45, 7) is 4.36. The van der Waals surface area contributed by atoms with E-state index in [-0.39, 0.29) is 0 Å². The maximum atomic E-state index is 5.40. The first kappa shape index (κ1) is 9.64. The van der Waals surface area contributed by atoms with Gasteiger partial charge in [0.1, 0.15) is 5.82 Å². The molecule has 0 fully saturated rings. The summed E-state index contributed by atoms with van der Waals surface area (Å²) in [6.07, 6.45) is 1.69. The average molecular weight is 204 g/mol. The van der Waals surface area contributed by atoms with E-state index < -0.39 is 0 Å². The van der Waals surface area contributed by atoms with Crippen LogP contribution in [-0.4, -0.2) is 26.8 Å². The van der Waals surface area contributed by atoms with Crippen LogP contribution in [0, 0.1) is 6.92 Å². The molecule has 0 radical (unpaired) electrons. The molecule has 0 atom stereocenters. The lowest BCUT2D eigenvalue weighted by Crippen LogP contribution is -1.97. The zero-order chi connectivity index (χ0) is 10.7. The van der Waals surface area contributed by atoms with Crippen molar-refractivity contribution in [3.8, 4) is 17.3 Å². The monoisotopic (exact) mass is 204 g/mol. The second-order valence-electron chi connectivity index (χ2n) is 3.05.